The van der Waals surface area contributed by atoms with Crippen LogP contribution in [-0.4, -0.2) is 23.1 Å². The highest BCUT2D eigenvalue weighted by molar-refractivity contribution is 5.72. The lowest BCUT2D eigenvalue weighted by Gasteiger charge is -2.25. The highest BCUT2D eigenvalue weighted by Crippen LogP contribution is 2.13. The largest absolute Gasteiger partial charge is 0.374 e. The van der Waals surface area contributed by atoms with Crippen LogP contribution in [0.1, 0.15) is 31.3 Å². The predicted molar refractivity (Wildman–Crippen MR) is 55.5 cm³/mol. The molecule has 1 heterocycles. The Bertz CT molecular complexity index is 302. The van der Waals surface area contributed by atoms with Crippen LogP contribution in [0.15, 0.2) is 18.3 Å². The van der Waals surface area contributed by atoms with Gasteiger partial charge in [0.1, 0.15) is 0 Å². The molecule has 0 saturated carbocycles. The van der Waals surface area contributed by atoms with Crippen LogP contribution in [0.5, 0.6) is 0 Å². The zero-order valence-corrected chi connectivity index (χ0v) is 8.99. The molecule has 78 valence electrons. The van der Waals surface area contributed by atoms with Gasteiger partial charge < -0.3 is 9.30 Å². The molecule has 3 heteroatoms. The van der Waals surface area contributed by atoms with Crippen molar-refractivity contribution in [1.82, 2.24) is 4.57 Å². The minimum atomic E-state index is -0.231. The fraction of sp³-hybridized carbons (Fsp3) is 0.545. The molecule has 0 radical (unpaired) electrons. The van der Waals surface area contributed by atoms with E-state index in [1.165, 1.54) is 0 Å². The summed E-state index contributed by atoms with van der Waals surface area (Å²) in [5, 5.41) is 0. The average Bonchev–Trinajstić information content (AvgIpc) is 2.50. The monoisotopic (exact) mass is 195 g/mol. The second-order valence-corrected chi connectivity index (χ2v) is 3.87. The van der Waals surface area contributed by atoms with Gasteiger partial charge in [-0.2, -0.15) is 0 Å². The minimum Gasteiger partial charge on any atom is -0.374 e. The van der Waals surface area contributed by atoms with E-state index in [4.69, 9.17) is 4.74 Å². The molecule has 0 aliphatic carbocycles. The highest BCUT2D eigenvalue weighted by Gasteiger charge is 2.18. The van der Waals surface area contributed by atoms with Crippen molar-refractivity contribution in [2.45, 2.75) is 32.9 Å². The number of rotatable bonds is 5. The molecule has 0 bridgehead atoms. The molecule has 1 aromatic heterocycles. The normalized spacial score (nSPS) is 11.6. The maximum absolute atomic E-state index is 10.7. The molecular weight excluding hydrogens is 178 g/mol. The summed E-state index contributed by atoms with van der Waals surface area (Å²) in [4.78, 5) is 10.7. The van der Waals surface area contributed by atoms with E-state index in [1.54, 1.807) is 6.07 Å². The molecule has 0 amide bonds. The number of nitrogens with zero attached hydrogens (tertiary/aromatic N) is 1. The van der Waals surface area contributed by atoms with E-state index in [9.17, 15) is 4.79 Å². The molecule has 0 fully saturated rings. The van der Waals surface area contributed by atoms with E-state index in [0.29, 0.717) is 18.8 Å². The third-order valence-corrected chi connectivity index (χ3v) is 2.07. The van der Waals surface area contributed by atoms with E-state index in [-0.39, 0.29) is 5.60 Å². The van der Waals surface area contributed by atoms with Gasteiger partial charge in [0.05, 0.1) is 17.8 Å². The third-order valence-electron chi connectivity index (χ3n) is 2.07. The summed E-state index contributed by atoms with van der Waals surface area (Å²) in [6, 6.07) is 3.67. The third kappa shape index (κ3) is 2.70. The van der Waals surface area contributed by atoms with Gasteiger partial charge in [-0.05, 0) is 32.9 Å². The zero-order valence-electron chi connectivity index (χ0n) is 8.99. The first-order valence-corrected chi connectivity index (χ1v) is 4.83. The molecule has 0 atom stereocenters. The van der Waals surface area contributed by atoms with Crippen LogP contribution in [0.2, 0.25) is 0 Å². The summed E-state index contributed by atoms with van der Waals surface area (Å²) in [7, 11) is 0. The smallest absolute Gasteiger partial charge is 0.166 e. The van der Waals surface area contributed by atoms with Crippen molar-refractivity contribution < 1.29 is 9.53 Å². The summed E-state index contributed by atoms with van der Waals surface area (Å²) < 4.78 is 7.47. The molecule has 0 unspecified atom stereocenters. The Morgan fingerprint density at radius 3 is 2.86 bits per heavy atom. The summed E-state index contributed by atoms with van der Waals surface area (Å²) in [6.45, 7) is 7.39. The Hall–Kier alpha value is -1.09. The fourth-order valence-corrected chi connectivity index (χ4v) is 1.52. The second kappa shape index (κ2) is 4.42. The summed E-state index contributed by atoms with van der Waals surface area (Å²) in [6.07, 6.45) is 2.76. The highest BCUT2D eigenvalue weighted by atomic mass is 16.5. The molecule has 0 N–H and O–H groups in total. The summed E-state index contributed by atoms with van der Waals surface area (Å²) >= 11 is 0. The number of aldehydes is 1. The van der Waals surface area contributed by atoms with Gasteiger partial charge in [0, 0.05) is 12.8 Å². The van der Waals surface area contributed by atoms with Crippen LogP contribution in [0.25, 0.3) is 0 Å². The molecule has 1 rings (SSSR count). The lowest BCUT2D eigenvalue weighted by molar-refractivity contribution is -0.0225. The standard InChI is InChI=1S/C11H17NO2/c1-4-14-11(2,3)9-12-7-5-6-10(12)8-13/h5-8H,4,9H2,1-3H3. The lowest BCUT2D eigenvalue weighted by Crippen LogP contribution is -2.30. The van der Waals surface area contributed by atoms with Crippen molar-refractivity contribution in [3.8, 4) is 0 Å². The number of hydrogen-bond donors (Lipinski definition) is 0. The number of hydrogen-bond acceptors (Lipinski definition) is 2. The maximum atomic E-state index is 10.7. The van der Waals surface area contributed by atoms with Crippen molar-refractivity contribution in [1.29, 1.82) is 0 Å². The van der Waals surface area contributed by atoms with E-state index >= 15 is 0 Å². The SMILES string of the molecule is CCOC(C)(C)Cn1cccc1C=O. The first-order valence-electron chi connectivity index (χ1n) is 4.83. The van der Waals surface area contributed by atoms with Gasteiger partial charge >= 0.3 is 0 Å². The number of carbonyl (C=O) groups excluding carboxylic acids is 1. The maximum Gasteiger partial charge on any atom is 0.166 e. The van der Waals surface area contributed by atoms with Gasteiger partial charge in [-0.25, -0.2) is 0 Å². The van der Waals surface area contributed by atoms with Crippen LogP contribution in [0, 0.1) is 0 Å². The molecule has 0 spiro atoms. The number of ether oxygens (including phenoxy) is 1. The Kier molecular flexibility index (Phi) is 3.47. The molecule has 14 heavy (non-hydrogen) atoms. The van der Waals surface area contributed by atoms with Gasteiger partial charge in [0.2, 0.25) is 0 Å². The Labute approximate surface area is 84.7 Å². The first kappa shape index (κ1) is 11.0. The van der Waals surface area contributed by atoms with Crippen LogP contribution in [0.4, 0.5) is 0 Å². The van der Waals surface area contributed by atoms with Crippen molar-refractivity contribution in [3.05, 3.63) is 24.0 Å². The molecule has 3 nitrogen and oxygen atoms in total. The Morgan fingerprint density at radius 2 is 2.29 bits per heavy atom. The van der Waals surface area contributed by atoms with Crippen LogP contribution < -0.4 is 0 Å². The topological polar surface area (TPSA) is 31.2 Å². The minimum absolute atomic E-state index is 0.231. The van der Waals surface area contributed by atoms with E-state index in [2.05, 4.69) is 0 Å². The fourth-order valence-electron chi connectivity index (χ4n) is 1.52. The number of carbonyl (C=O) groups is 1. The van der Waals surface area contributed by atoms with Gasteiger partial charge in [-0.3, -0.25) is 4.79 Å². The van der Waals surface area contributed by atoms with Crippen molar-refractivity contribution in [3.63, 3.8) is 0 Å². The van der Waals surface area contributed by atoms with E-state index < -0.39 is 0 Å². The van der Waals surface area contributed by atoms with Crippen molar-refractivity contribution >= 4 is 6.29 Å². The van der Waals surface area contributed by atoms with E-state index in [0.717, 1.165) is 6.29 Å². The molecule has 0 aliphatic heterocycles. The predicted octanol–water partition coefficient (Wildman–Crippen LogP) is 2.12. The van der Waals surface area contributed by atoms with Crippen molar-refractivity contribution in [2.24, 2.45) is 0 Å². The first-order chi connectivity index (χ1) is 6.59. The van der Waals surface area contributed by atoms with Crippen LogP contribution in [-0.2, 0) is 11.3 Å². The summed E-state index contributed by atoms with van der Waals surface area (Å²) in [5.74, 6) is 0. The molecule has 1 aromatic rings. The molecule has 0 aromatic carbocycles. The van der Waals surface area contributed by atoms with E-state index in [1.807, 2.05) is 37.6 Å². The van der Waals surface area contributed by atoms with Crippen LogP contribution >= 0.6 is 0 Å². The van der Waals surface area contributed by atoms with Gasteiger partial charge in [0.15, 0.2) is 6.29 Å². The Morgan fingerprint density at radius 1 is 1.57 bits per heavy atom. The van der Waals surface area contributed by atoms with Crippen molar-refractivity contribution in [2.75, 3.05) is 6.61 Å². The quantitative estimate of drug-likeness (QED) is 0.674. The van der Waals surface area contributed by atoms with Crippen LogP contribution in [0.3, 0.4) is 0 Å². The molecule has 0 aliphatic rings. The van der Waals surface area contributed by atoms with Gasteiger partial charge in [-0.15, -0.1) is 0 Å². The molecular formula is C11H17NO2. The Balaban J connectivity index is 2.72. The lowest BCUT2D eigenvalue weighted by atomic mass is 10.1. The summed E-state index contributed by atoms with van der Waals surface area (Å²) in [5.41, 5.74) is 0.462. The molecule has 0 saturated heterocycles. The second-order valence-electron chi connectivity index (χ2n) is 3.87. The zero-order chi connectivity index (χ0) is 10.6. The van der Waals surface area contributed by atoms with Gasteiger partial charge in [-0.1, -0.05) is 0 Å². The number of aromatic nitrogens is 1. The average molecular weight is 195 g/mol. The van der Waals surface area contributed by atoms with Gasteiger partial charge in [0.25, 0.3) is 0 Å².